The number of carbonyl (C=O) groups is 2. The monoisotopic (exact) mass is 470 g/mol. The Labute approximate surface area is 202 Å². The van der Waals surface area contributed by atoms with Crippen molar-refractivity contribution in [3.8, 4) is 5.75 Å². The third-order valence-electron chi connectivity index (χ3n) is 6.32. The number of ether oxygens (including phenoxy) is 1. The predicted molar refractivity (Wildman–Crippen MR) is 133 cm³/mol. The minimum Gasteiger partial charge on any atom is -0.483 e. The molecule has 1 fully saturated rings. The van der Waals surface area contributed by atoms with Gasteiger partial charge in [0.2, 0.25) is 5.91 Å². The van der Waals surface area contributed by atoms with Crippen molar-refractivity contribution in [3.05, 3.63) is 64.2 Å². The average molecular weight is 471 g/mol. The van der Waals surface area contributed by atoms with Crippen LogP contribution in [0.5, 0.6) is 5.75 Å². The minimum atomic E-state index is -0.585. The Balaban J connectivity index is 1.78. The van der Waals surface area contributed by atoms with Gasteiger partial charge in [-0.2, -0.15) is 0 Å². The first-order chi connectivity index (χ1) is 15.9. The Morgan fingerprint density at radius 3 is 2.52 bits per heavy atom. The van der Waals surface area contributed by atoms with Crippen LogP contribution >= 0.6 is 11.6 Å². The second-order valence-corrected chi connectivity index (χ2v) is 9.35. The van der Waals surface area contributed by atoms with Gasteiger partial charge in [0.15, 0.2) is 6.61 Å². The molecule has 0 saturated heterocycles. The summed E-state index contributed by atoms with van der Waals surface area (Å²) in [5.41, 5.74) is 2.92. The molecule has 1 atom stereocenters. The number of amides is 2. The summed E-state index contributed by atoms with van der Waals surface area (Å²) in [7, 11) is 0. The highest BCUT2D eigenvalue weighted by atomic mass is 35.5. The summed E-state index contributed by atoms with van der Waals surface area (Å²) in [5, 5.41) is 3.77. The summed E-state index contributed by atoms with van der Waals surface area (Å²) in [6.45, 7) is 6.03. The van der Waals surface area contributed by atoms with Crippen molar-refractivity contribution < 1.29 is 14.3 Å². The molecule has 2 amide bonds. The number of halogens is 1. The molecule has 2 aromatic carbocycles. The zero-order valence-electron chi connectivity index (χ0n) is 19.9. The van der Waals surface area contributed by atoms with Crippen molar-refractivity contribution in [3.63, 3.8) is 0 Å². The zero-order valence-corrected chi connectivity index (χ0v) is 20.7. The maximum Gasteiger partial charge on any atom is 0.261 e. The molecule has 1 N–H and O–H groups in total. The lowest BCUT2D eigenvalue weighted by Gasteiger charge is -2.33. The van der Waals surface area contributed by atoms with Gasteiger partial charge in [0.25, 0.3) is 5.91 Å². The van der Waals surface area contributed by atoms with Crippen LogP contribution in [0.1, 0.15) is 62.1 Å². The predicted octanol–water partition coefficient (Wildman–Crippen LogP) is 5.59. The highest BCUT2D eigenvalue weighted by Gasteiger charge is 2.31. The summed E-state index contributed by atoms with van der Waals surface area (Å²) in [4.78, 5) is 28.2. The lowest BCUT2D eigenvalue weighted by molar-refractivity contribution is -0.143. The molecule has 6 heteroatoms. The number of nitrogens with zero attached hydrogens (tertiary/aromatic N) is 1. The molecule has 1 aliphatic carbocycles. The van der Waals surface area contributed by atoms with Gasteiger partial charge in [-0.1, -0.05) is 73.7 Å². The van der Waals surface area contributed by atoms with Crippen molar-refractivity contribution in [1.29, 1.82) is 0 Å². The molecule has 1 saturated carbocycles. The fourth-order valence-corrected chi connectivity index (χ4v) is 4.65. The first kappa shape index (κ1) is 25.1. The van der Waals surface area contributed by atoms with E-state index in [0.29, 0.717) is 17.2 Å². The number of aryl methyl sites for hydroxylation is 2. The van der Waals surface area contributed by atoms with E-state index >= 15 is 0 Å². The van der Waals surface area contributed by atoms with E-state index in [1.165, 1.54) is 6.42 Å². The fraction of sp³-hybridized carbons (Fsp3) is 0.481. The Hall–Kier alpha value is -2.53. The molecular weight excluding hydrogens is 436 g/mol. The topological polar surface area (TPSA) is 58.6 Å². The van der Waals surface area contributed by atoms with Crippen molar-refractivity contribution in [2.75, 3.05) is 6.61 Å². The molecule has 0 heterocycles. The Morgan fingerprint density at radius 1 is 1.12 bits per heavy atom. The third-order valence-corrected chi connectivity index (χ3v) is 6.69. The Bertz CT molecular complexity index is 956. The smallest absolute Gasteiger partial charge is 0.261 e. The minimum absolute atomic E-state index is 0.101. The van der Waals surface area contributed by atoms with Gasteiger partial charge in [-0.05, 0) is 56.4 Å². The van der Waals surface area contributed by atoms with E-state index in [1.54, 1.807) is 11.0 Å². The first-order valence-electron chi connectivity index (χ1n) is 11.9. The second kappa shape index (κ2) is 12.1. The molecule has 33 heavy (non-hydrogen) atoms. The first-order valence-corrected chi connectivity index (χ1v) is 12.3. The number of nitrogens with one attached hydrogen (secondary N) is 1. The van der Waals surface area contributed by atoms with Crippen LogP contribution < -0.4 is 10.1 Å². The highest BCUT2D eigenvalue weighted by Crippen LogP contribution is 2.23. The molecule has 1 aliphatic rings. The molecule has 0 aromatic heterocycles. The number of hydrogen-bond acceptors (Lipinski definition) is 3. The van der Waals surface area contributed by atoms with E-state index in [2.05, 4.69) is 5.32 Å². The molecule has 0 bridgehead atoms. The Morgan fingerprint density at radius 2 is 1.85 bits per heavy atom. The SMILES string of the molecule is CC[C@@H](C(=O)NC1CCCCC1)N(Cc1ccccc1Cl)C(=O)COc1ccc(C)cc1C. The van der Waals surface area contributed by atoms with Gasteiger partial charge >= 0.3 is 0 Å². The van der Waals surface area contributed by atoms with E-state index in [1.807, 2.05) is 57.2 Å². The van der Waals surface area contributed by atoms with E-state index in [0.717, 1.165) is 42.4 Å². The molecule has 5 nitrogen and oxygen atoms in total. The van der Waals surface area contributed by atoms with Crippen molar-refractivity contribution in [2.24, 2.45) is 0 Å². The summed E-state index contributed by atoms with van der Waals surface area (Å²) in [5.74, 6) is 0.336. The van der Waals surface area contributed by atoms with Gasteiger partial charge in [-0.15, -0.1) is 0 Å². The van der Waals surface area contributed by atoms with Crippen LogP contribution in [0.2, 0.25) is 5.02 Å². The molecule has 178 valence electrons. The quantitative estimate of drug-likeness (QED) is 0.519. The highest BCUT2D eigenvalue weighted by molar-refractivity contribution is 6.31. The molecule has 0 aliphatic heterocycles. The standard InChI is InChI=1S/C27H35ClN2O3/c1-4-24(27(32)29-22-11-6-5-7-12-22)30(17-21-10-8-9-13-23(21)28)26(31)18-33-25-15-14-19(2)16-20(25)3/h8-10,13-16,22,24H,4-7,11-12,17-18H2,1-3H3,(H,29,32)/t24-/m0/s1. The lowest BCUT2D eigenvalue weighted by atomic mass is 9.95. The van der Waals surface area contributed by atoms with Crippen LogP contribution in [0.25, 0.3) is 0 Å². The van der Waals surface area contributed by atoms with Crippen LogP contribution in [0.15, 0.2) is 42.5 Å². The van der Waals surface area contributed by atoms with Crippen LogP contribution in [0, 0.1) is 13.8 Å². The Kier molecular flexibility index (Phi) is 9.19. The third kappa shape index (κ3) is 6.97. The van der Waals surface area contributed by atoms with Crippen molar-refractivity contribution in [2.45, 2.75) is 77.9 Å². The summed E-state index contributed by atoms with van der Waals surface area (Å²) >= 11 is 6.39. The lowest BCUT2D eigenvalue weighted by Crippen LogP contribution is -2.52. The van der Waals surface area contributed by atoms with Gasteiger partial charge in [0.1, 0.15) is 11.8 Å². The van der Waals surface area contributed by atoms with Crippen LogP contribution in [0.3, 0.4) is 0 Å². The summed E-state index contributed by atoms with van der Waals surface area (Å²) in [6.07, 6.45) is 5.99. The maximum absolute atomic E-state index is 13.4. The molecular formula is C27H35ClN2O3. The van der Waals surface area contributed by atoms with E-state index in [-0.39, 0.29) is 31.0 Å². The van der Waals surface area contributed by atoms with Crippen molar-refractivity contribution >= 4 is 23.4 Å². The van der Waals surface area contributed by atoms with Crippen LogP contribution in [-0.4, -0.2) is 35.4 Å². The average Bonchev–Trinajstić information content (AvgIpc) is 2.80. The van der Waals surface area contributed by atoms with Gasteiger partial charge < -0.3 is 15.0 Å². The van der Waals surface area contributed by atoms with Crippen LogP contribution in [-0.2, 0) is 16.1 Å². The summed E-state index contributed by atoms with van der Waals surface area (Å²) in [6, 6.07) is 12.9. The van der Waals surface area contributed by atoms with Crippen molar-refractivity contribution in [1.82, 2.24) is 10.2 Å². The van der Waals surface area contributed by atoms with Gasteiger partial charge in [-0.25, -0.2) is 0 Å². The number of rotatable bonds is 9. The molecule has 0 spiro atoms. The normalized spacial score (nSPS) is 15.0. The molecule has 3 rings (SSSR count). The molecule has 2 aromatic rings. The van der Waals surface area contributed by atoms with Crippen LogP contribution in [0.4, 0.5) is 0 Å². The van der Waals surface area contributed by atoms with E-state index in [4.69, 9.17) is 16.3 Å². The van der Waals surface area contributed by atoms with Gasteiger partial charge in [0.05, 0.1) is 0 Å². The molecule has 0 radical (unpaired) electrons. The fourth-order valence-electron chi connectivity index (χ4n) is 4.46. The number of hydrogen-bond donors (Lipinski definition) is 1. The summed E-state index contributed by atoms with van der Waals surface area (Å²) < 4.78 is 5.87. The number of benzene rings is 2. The largest absolute Gasteiger partial charge is 0.483 e. The van der Waals surface area contributed by atoms with E-state index in [9.17, 15) is 9.59 Å². The van der Waals surface area contributed by atoms with Gasteiger partial charge in [0, 0.05) is 17.6 Å². The molecule has 0 unspecified atom stereocenters. The van der Waals surface area contributed by atoms with E-state index < -0.39 is 6.04 Å². The zero-order chi connectivity index (χ0) is 23.8. The second-order valence-electron chi connectivity index (χ2n) is 8.94. The van der Waals surface area contributed by atoms with Gasteiger partial charge in [-0.3, -0.25) is 9.59 Å². The maximum atomic E-state index is 13.4. The number of carbonyl (C=O) groups excluding carboxylic acids is 2.